The van der Waals surface area contributed by atoms with Gasteiger partial charge in [0.2, 0.25) is 0 Å². The molecule has 0 aromatic heterocycles. The molecule has 1 aromatic carbocycles. The van der Waals surface area contributed by atoms with Crippen molar-refractivity contribution in [3.8, 4) is 0 Å². The first-order valence-electron chi connectivity index (χ1n) is 5.19. The summed E-state index contributed by atoms with van der Waals surface area (Å²) in [5.41, 5.74) is 4.34. The summed E-state index contributed by atoms with van der Waals surface area (Å²) >= 11 is 0. The van der Waals surface area contributed by atoms with Crippen LogP contribution in [0.3, 0.4) is 0 Å². The molecule has 14 heavy (non-hydrogen) atoms. The van der Waals surface area contributed by atoms with Crippen molar-refractivity contribution < 1.29 is 0 Å². The van der Waals surface area contributed by atoms with E-state index in [-0.39, 0.29) is 0 Å². The zero-order valence-corrected chi connectivity index (χ0v) is 8.96. The number of benzene rings is 1. The van der Waals surface area contributed by atoms with Crippen molar-refractivity contribution in [3.05, 3.63) is 42.0 Å². The Labute approximate surface area is 86.1 Å². The number of fused-ring (bicyclic) bond motifs is 1. The van der Waals surface area contributed by atoms with Crippen molar-refractivity contribution in [1.82, 2.24) is 0 Å². The number of rotatable bonds is 2. The van der Waals surface area contributed by atoms with Crippen LogP contribution in [-0.4, -0.2) is 13.1 Å². The van der Waals surface area contributed by atoms with Crippen molar-refractivity contribution in [2.24, 2.45) is 0 Å². The lowest BCUT2D eigenvalue weighted by molar-refractivity contribution is 0.774. The fourth-order valence-corrected chi connectivity index (χ4v) is 2.43. The Bertz CT molecular complexity index is 354. The van der Waals surface area contributed by atoms with Gasteiger partial charge in [0.25, 0.3) is 0 Å². The predicted molar refractivity (Wildman–Crippen MR) is 62.0 cm³/mol. The molecule has 1 heterocycles. The standard InChI is InChI=1S/C13H17N/c1-4-8-14-9-11(3)13-10(2)6-5-7-12(13)14/h4-7,11H,1,8-9H2,2-3H3/t11-/m0/s1. The molecule has 2 rings (SSSR count). The van der Waals surface area contributed by atoms with Gasteiger partial charge in [-0.2, -0.15) is 0 Å². The van der Waals surface area contributed by atoms with Gasteiger partial charge >= 0.3 is 0 Å². The molecule has 1 aliphatic heterocycles. The number of nitrogens with zero attached hydrogens (tertiary/aromatic N) is 1. The van der Waals surface area contributed by atoms with Crippen LogP contribution in [0.5, 0.6) is 0 Å². The molecule has 0 radical (unpaired) electrons. The zero-order valence-electron chi connectivity index (χ0n) is 8.96. The molecule has 1 aromatic rings. The van der Waals surface area contributed by atoms with Crippen LogP contribution in [-0.2, 0) is 0 Å². The molecule has 0 aliphatic carbocycles. The molecular formula is C13H17N. The van der Waals surface area contributed by atoms with E-state index in [1.807, 2.05) is 6.08 Å². The van der Waals surface area contributed by atoms with Crippen molar-refractivity contribution in [1.29, 1.82) is 0 Å². The van der Waals surface area contributed by atoms with Gasteiger partial charge in [-0.05, 0) is 24.1 Å². The Morgan fingerprint density at radius 1 is 1.57 bits per heavy atom. The molecule has 1 heteroatoms. The summed E-state index contributed by atoms with van der Waals surface area (Å²) in [5, 5.41) is 0. The van der Waals surface area contributed by atoms with Gasteiger partial charge < -0.3 is 4.90 Å². The summed E-state index contributed by atoms with van der Waals surface area (Å²) in [4.78, 5) is 2.40. The smallest absolute Gasteiger partial charge is 0.0407 e. The van der Waals surface area contributed by atoms with E-state index in [1.165, 1.54) is 16.8 Å². The molecule has 1 nitrogen and oxygen atoms in total. The van der Waals surface area contributed by atoms with Crippen molar-refractivity contribution in [2.45, 2.75) is 19.8 Å². The Hall–Kier alpha value is -1.24. The van der Waals surface area contributed by atoms with Gasteiger partial charge in [0.15, 0.2) is 0 Å². The second-order valence-electron chi connectivity index (χ2n) is 4.10. The summed E-state index contributed by atoms with van der Waals surface area (Å²) < 4.78 is 0. The molecule has 0 bridgehead atoms. The van der Waals surface area contributed by atoms with E-state index in [4.69, 9.17) is 0 Å². The molecule has 0 spiro atoms. The minimum atomic E-state index is 0.658. The molecule has 0 fully saturated rings. The maximum Gasteiger partial charge on any atom is 0.0407 e. The summed E-state index contributed by atoms with van der Waals surface area (Å²) in [7, 11) is 0. The number of hydrogen-bond acceptors (Lipinski definition) is 1. The third-order valence-electron chi connectivity index (χ3n) is 2.98. The lowest BCUT2D eigenvalue weighted by atomic mass is 9.98. The molecule has 1 aliphatic rings. The first-order chi connectivity index (χ1) is 6.74. The van der Waals surface area contributed by atoms with E-state index in [2.05, 4.69) is 43.5 Å². The van der Waals surface area contributed by atoms with Crippen LogP contribution in [0.1, 0.15) is 24.0 Å². The van der Waals surface area contributed by atoms with Gasteiger partial charge in [0, 0.05) is 24.7 Å². The second kappa shape index (κ2) is 3.49. The fraction of sp³-hybridized carbons (Fsp3) is 0.385. The molecular weight excluding hydrogens is 170 g/mol. The second-order valence-corrected chi connectivity index (χ2v) is 4.10. The maximum absolute atomic E-state index is 3.80. The van der Waals surface area contributed by atoms with Gasteiger partial charge in [0.1, 0.15) is 0 Å². The third kappa shape index (κ3) is 1.33. The van der Waals surface area contributed by atoms with E-state index in [0.29, 0.717) is 5.92 Å². The van der Waals surface area contributed by atoms with E-state index in [0.717, 1.165) is 13.1 Å². The Balaban J connectivity index is 2.43. The Kier molecular flexibility index (Phi) is 2.32. The number of anilines is 1. The average Bonchev–Trinajstić information content (AvgIpc) is 2.46. The first-order valence-corrected chi connectivity index (χ1v) is 5.19. The lowest BCUT2D eigenvalue weighted by Crippen LogP contribution is -2.20. The highest BCUT2D eigenvalue weighted by molar-refractivity contribution is 5.62. The molecule has 0 saturated heterocycles. The minimum absolute atomic E-state index is 0.658. The van der Waals surface area contributed by atoms with Crippen LogP contribution in [0.2, 0.25) is 0 Å². The summed E-state index contributed by atoms with van der Waals surface area (Å²) in [5.74, 6) is 0.658. The van der Waals surface area contributed by atoms with Crippen LogP contribution >= 0.6 is 0 Å². The monoisotopic (exact) mass is 187 g/mol. The topological polar surface area (TPSA) is 3.24 Å². The van der Waals surface area contributed by atoms with Crippen molar-refractivity contribution in [3.63, 3.8) is 0 Å². The summed E-state index contributed by atoms with van der Waals surface area (Å²) in [6.07, 6.45) is 1.98. The van der Waals surface area contributed by atoms with Gasteiger partial charge in [-0.1, -0.05) is 25.1 Å². The van der Waals surface area contributed by atoms with E-state index in [9.17, 15) is 0 Å². The number of aryl methyl sites for hydroxylation is 1. The molecule has 0 unspecified atom stereocenters. The highest BCUT2D eigenvalue weighted by Crippen LogP contribution is 2.37. The van der Waals surface area contributed by atoms with E-state index < -0.39 is 0 Å². The largest absolute Gasteiger partial charge is 0.367 e. The summed E-state index contributed by atoms with van der Waals surface area (Å²) in [6, 6.07) is 6.56. The van der Waals surface area contributed by atoms with Crippen molar-refractivity contribution >= 4 is 5.69 Å². The van der Waals surface area contributed by atoms with Gasteiger partial charge in [-0.15, -0.1) is 6.58 Å². The van der Waals surface area contributed by atoms with Gasteiger partial charge in [-0.3, -0.25) is 0 Å². The van der Waals surface area contributed by atoms with Gasteiger partial charge in [-0.25, -0.2) is 0 Å². The lowest BCUT2D eigenvalue weighted by Gasteiger charge is -2.17. The molecule has 0 saturated carbocycles. The predicted octanol–water partition coefficient (Wildman–Crippen LogP) is 3.10. The fourth-order valence-electron chi connectivity index (χ4n) is 2.43. The van der Waals surface area contributed by atoms with Crippen LogP contribution in [0, 0.1) is 6.92 Å². The molecule has 74 valence electrons. The van der Waals surface area contributed by atoms with Crippen molar-refractivity contribution in [2.75, 3.05) is 18.0 Å². The highest BCUT2D eigenvalue weighted by atomic mass is 15.1. The Morgan fingerprint density at radius 3 is 3.07 bits per heavy atom. The average molecular weight is 187 g/mol. The van der Waals surface area contributed by atoms with Crippen LogP contribution in [0.4, 0.5) is 5.69 Å². The minimum Gasteiger partial charge on any atom is -0.367 e. The Morgan fingerprint density at radius 2 is 2.36 bits per heavy atom. The van der Waals surface area contributed by atoms with Crippen LogP contribution in [0.25, 0.3) is 0 Å². The van der Waals surface area contributed by atoms with E-state index in [1.54, 1.807) is 0 Å². The maximum atomic E-state index is 3.80. The third-order valence-corrected chi connectivity index (χ3v) is 2.98. The zero-order chi connectivity index (χ0) is 10.1. The van der Waals surface area contributed by atoms with Gasteiger partial charge in [0.05, 0.1) is 0 Å². The molecule has 1 atom stereocenters. The molecule has 0 amide bonds. The first kappa shape index (κ1) is 9.32. The highest BCUT2D eigenvalue weighted by Gasteiger charge is 2.25. The van der Waals surface area contributed by atoms with E-state index >= 15 is 0 Å². The number of hydrogen-bond donors (Lipinski definition) is 0. The summed E-state index contributed by atoms with van der Waals surface area (Å²) in [6.45, 7) is 10.4. The SMILES string of the molecule is C=CCN1C[C@H](C)c2c(C)cccc21. The van der Waals surface area contributed by atoms with Crippen LogP contribution in [0.15, 0.2) is 30.9 Å². The normalized spacial score (nSPS) is 19.6. The van der Waals surface area contributed by atoms with Crippen LogP contribution < -0.4 is 4.90 Å². The quantitative estimate of drug-likeness (QED) is 0.643. The molecule has 0 N–H and O–H groups in total.